The molecule has 0 saturated heterocycles. The van der Waals surface area contributed by atoms with Gasteiger partial charge in [-0.3, -0.25) is 0 Å². The summed E-state index contributed by atoms with van der Waals surface area (Å²) >= 11 is 5.30. The molecule has 0 radical (unpaired) electrons. The molecule has 17 nitrogen and oxygen atoms in total. The minimum atomic E-state index is -4.87. The van der Waals surface area contributed by atoms with E-state index < -0.39 is 49.0 Å². The molecule has 4 aromatic heterocycles. The SMILES string of the molecule is CC(C)c1cc(F)ccc1-c1sc2cc(O)ccc2c1Oc1ccc(/C=C/C(=O)O)cc1.CC(F)c1ccccc1-c1sc2cc(O)ccc2c1Oc1ccc(/C=C/C(=O)O)cc1.O=C(O)/C=C/c1ccc(Oc2c(-c3ccccc3CC(F)(F)F)sc3cc(O)ccc23)cc1.O=C(O)/C=C/c1ccc(Oc2c(-c3ccccc3OC(F)(F)F)sc3cc(O)ccc23)cc1. The lowest BCUT2D eigenvalue weighted by atomic mass is 9.95. The van der Waals surface area contributed by atoms with Crippen LogP contribution in [0.15, 0.2) is 285 Å². The maximum atomic E-state index is 14.3. The van der Waals surface area contributed by atoms with Gasteiger partial charge in [0.25, 0.3) is 0 Å². The smallest absolute Gasteiger partial charge is 0.508 e. The molecule has 1 unspecified atom stereocenters. The van der Waals surface area contributed by atoms with Crippen LogP contribution in [0.3, 0.4) is 0 Å². The fourth-order valence-corrected chi connectivity index (χ4v) is 18.2. The number of aromatic hydroxyl groups is 4. The number of thiophene rings is 4. The van der Waals surface area contributed by atoms with E-state index in [0.29, 0.717) is 98.2 Å². The fraction of sp³-hybridized carbons (Fsp3) is 0.0800. The van der Waals surface area contributed by atoms with E-state index >= 15 is 0 Å². The van der Waals surface area contributed by atoms with Crippen LogP contribution in [0, 0.1) is 5.82 Å². The predicted octanol–water partition coefficient (Wildman–Crippen LogP) is 29.0. The lowest BCUT2D eigenvalue weighted by molar-refractivity contribution is -0.274. The van der Waals surface area contributed by atoms with Crippen molar-refractivity contribution in [2.45, 2.75) is 51.8 Å². The highest BCUT2D eigenvalue weighted by Crippen LogP contribution is 2.54. The Bertz CT molecular complexity index is 6720. The Morgan fingerprint density at radius 2 is 0.659 bits per heavy atom. The summed E-state index contributed by atoms with van der Waals surface area (Å²) in [5, 5.41) is 77.6. The second kappa shape index (κ2) is 40.5. The molecule has 8 N–H and O–H groups in total. The van der Waals surface area contributed by atoms with Crippen molar-refractivity contribution in [3.05, 3.63) is 330 Å². The summed E-state index contributed by atoms with van der Waals surface area (Å²) in [5.74, 6) is -0.479. The standard InChI is InChI=1S/C26H21FO4S.C25H17F3O4S.C25H19FO4S.C24H15F3O5S/c1-15(2)22-13-17(27)6-10-20(22)26-25(21-11-7-18(28)14-23(21)32-26)31-19-8-3-16(4-9-19)5-12-24(29)30;26-25(27,28)14-16-3-1-2-4-19(16)24-23(20-11-8-17(29)13-21(20)33-24)32-18-9-5-15(6-10-18)7-12-22(30)31;1-15(26)19-4-2-3-5-20(19)25-24(21-12-9-17(27)14-22(21)31-25)30-18-10-6-16(7-11-18)8-13-23(28)29;25-24(26,27)32-19-4-2-1-3-17(19)23-22(18-11-8-15(28)13-20(18)33-23)31-16-9-5-14(6-10-16)7-12-21(29)30/h3-15,28H,1-2H3,(H,29,30);1-13,29H,14H2,(H,30,31);2-15,27H,1H3,(H,28,29);1-13,28H,(H,29,30)/b12-5+;12-7+;13-8+;12-7+. The lowest BCUT2D eigenvalue weighted by Gasteiger charge is -2.14. The molecule has 0 fully saturated rings. The normalized spacial score (nSPS) is 11.8. The molecule has 0 amide bonds. The van der Waals surface area contributed by atoms with Crippen LogP contribution in [0.4, 0.5) is 35.1 Å². The largest absolute Gasteiger partial charge is 0.573 e. The maximum Gasteiger partial charge on any atom is 0.573 e. The summed E-state index contributed by atoms with van der Waals surface area (Å²) in [7, 11) is 0. The van der Waals surface area contributed by atoms with Gasteiger partial charge in [0.15, 0.2) is 23.0 Å². The van der Waals surface area contributed by atoms with E-state index in [1.165, 1.54) is 114 Å². The highest BCUT2D eigenvalue weighted by molar-refractivity contribution is 7.24. The average molecular weight is 1830 g/mol. The Labute approximate surface area is 746 Å². The minimum absolute atomic E-state index is 0.0104. The second-order valence-electron chi connectivity index (χ2n) is 28.7. The highest BCUT2D eigenvalue weighted by atomic mass is 32.1. The number of rotatable bonds is 24. The molecule has 654 valence electrons. The Morgan fingerprint density at radius 1 is 0.357 bits per heavy atom. The van der Waals surface area contributed by atoms with E-state index in [0.717, 1.165) is 93.4 Å². The molecule has 29 heteroatoms. The number of ether oxygens (including phenoxy) is 5. The molecule has 16 rings (SSSR count). The van der Waals surface area contributed by atoms with Crippen LogP contribution in [0.25, 0.3) is 106 Å². The van der Waals surface area contributed by atoms with Crippen molar-refractivity contribution in [3.63, 3.8) is 0 Å². The monoisotopic (exact) mass is 1820 g/mol. The Hall–Kier alpha value is -15.0. The number of hydrogen-bond acceptors (Lipinski definition) is 17. The molecule has 0 aliphatic heterocycles. The molecule has 1 atom stereocenters. The number of aliphatic carboxylic acids is 4. The number of carboxylic acid groups (broad SMARTS) is 4. The van der Waals surface area contributed by atoms with Gasteiger partial charge < -0.3 is 64.5 Å². The Balaban J connectivity index is 0.000000147. The van der Waals surface area contributed by atoms with E-state index in [9.17, 15) is 74.7 Å². The van der Waals surface area contributed by atoms with Crippen molar-refractivity contribution in [2.75, 3.05) is 0 Å². The third-order valence-corrected chi connectivity index (χ3v) is 23.8. The number of carbonyl (C=O) groups is 4. The zero-order valence-corrected chi connectivity index (χ0v) is 71.0. The first-order valence-electron chi connectivity index (χ1n) is 38.9. The van der Waals surface area contributed by atoms with E-state index in [1.54, 1.807) is 194 Å². The van der Waals surface area contributed by atoms with Crippen molar-refractivity contribution in [1.29, 1.82) is 0 Å². The van der Waals surface area contributed by atoms with Crippen LogP contribution in [-0.4, -0.2) is 77.3 Å². The quantitative estimate of drug-likeness (QED) is 0.0206. The van der Waals surface area contributed by atoms with Crippen molar-refractivity contribution in [2.24, 2.45) is 0 Å². The van der Waals surface area contributed by atoms with Gasteiger partial charge in [-0.15, -0.1) is 58.5 Å². The van der Waals surface area contributed by atoms with Gasteiger partial charge in [-0.05, 0) is 233 Å². The Kier molecular flexibility index (Phi) is 28.8. The van der Waals surface area contributed by atoms with E-state index in [4.69, 9.17) is 39.4 Å². The average Bonchev–Trinajstić information content (AvgIpc) is 1.64. The number of halogens is 8. The number of fused-ring (bicyclic) bond motifs is 4. The van der Waals surface area contributed by atoms with E-state index in [-0.39, 0.29) is 51.6 Å². The van der Waals surface area contributed by atoms with Crippen LogP contribution in [-0.2, 0) is 25.6 Å². The van der Waals surface area contributed by atoms with Crippen molar-refractivity contribution < 1.29 is 119 Å². The first-order valence-corrected chi connectivity index (χ1v) is 42.2. The summed E-state index contributed by atoms with van der Waals surface area (Å²) in [5.41, 5.74) is 6.55. The summed E-state index contributed by atoms with van der Waals surface area (Å²) in [6.07, 6.45) is -1.43. The van der Waals surface area contributed by atoms with Crippen LogP contribution in [0.2, 0.25) is 0 Å². The highest BCUT2D eigenvalue weighted by Gasteiger charge is 2.34. The molecule has 4 heterocycles. The zero-order chi connectivity index (χ0) is 92.0. The molecular weight excluding hydrogens is 1750 g/mol. The maximum absolute atomic E-state index is 14.3. The summed E-state index contributed by atoms with van der Waals surface area (Å²) in [6, 6.07) is 70.8. The molecule has 129 heavy (non-hydrogen) atoms. The topological polar surface area (TPSA) is 276 Å². The van der Waals surface area contributed by atoms with E-state index in [1.807, 2.05) is 32.0 Å². The van der Waals surface area contributed by atoms with Gasteiger partial charge >= 0.3 is 36.4 Å². The minimum Gasteiger partial charge on any atom is -0.508 e. The van der Waals surface area contributed by atoms with Crippen molar-refractivity contribution in [1.82, 2.24) is 0 Å². The molecule has 0 bridgehead atoms. The van der Waals surface area contributed by atoms with Gasteiger partial charge in [-0.25, -0.2) is 28.0 Å². The number of benzene rings is 12. The predicted molar refractivity (Wildman–Crippen MR) is 488 cm³/mol. The van der Waals surface area contributed by atoms with Gasteiger partial charge in [0.2, 0.25) is 0 Å². The third-order valence-electron chi connectivity index (χ3n) is 19.1. The van der Waals surface area contributed by atoms with Crippen LogP contribution < -0.4 is 23.7 Å². The van der Waals surface area contributed by atoms with Gasteiger partial charge in [0, 0.05) is 75.8 Å². The summed E-state index contributed by atoms with van der Waals surface area (Å²) in [6.45, 7) is 5.53. The molecular formula is C100H72F8O17S4. The molecule has 0 aliphatic carbocycles. The van der Waals surface area contributed by atoms with Crippen LogP contribution in [0.1, 0.15) is 71.8 Å². The van der Waals surface area contributed by atoms with Gasteiger partial charge in [-0.2, -0.15) is 13.2 Å². The molecule has 16 aromatic rings. The van der Waals surface area contributed by atoms with E-state index in [2.05, 4.69) is 4.74 Å². The number of carboxylic acids is 4. The number of phenols is 4. The first-order chi connectivity index (χ1) is 61.6. The van der Waals surface area contributed by atoms with Crippen molar-refractivity contribution in [3.8, 4) is 117 Å². The fourth-order valence-electron chi connectivity index (χ4n) is 13.3. The summed E-state index contributed by atoms with van der Waals surface area (Å²) < 4.78 is 139. The van der Waals surface area contributed by atoms with Crippen LogP contribution in [0.5, 0.6) is 74.7 Å². The second-order valence-corrected chi connectivity index (χ2v) is 32.9. The van der Waals surface area contributed by atoms with Crippen LogP contribution >= 0.6 is 45.3 Å². The molecule has 12 aromatic carbocycles. The van der Waals surface area contributed by atoms with Crippen molar-refractivity contribution >= 4 is 134 Å². The molecule has 0 saturated carbocycles. The summed E-state index contributed by atoms with van der Waals surface area (Å²) in [4.78, 5) is 45.3. The first kappa shape index (κ1) is 91.7. The molecule has 0 spiro atoms. The number of hydrogen-bond donors (Lipinski definition) is 8. The van der Waals surface area contributed by atoms with Gasteiger partial charge in [0.05, 0.1) is 25.9 Å². The number of phenolic OH excluding ortho intramolecular Hbond substituents is 4. The Morgan fingerprint density at radius 3 is 0.984 bits per heavy atom. The number of alkyl halides is 7. The zero-order valence-electron chi connectivity index (χ0n) is 67.7. The van der Waals surface area contributed by atoms with Gasteiger partial charge in [0.1, 0.15) is 63.7 Å². The third kappa shape index (κ3) is 24.0. The lowest BCUT2D eigenvalue weighted by Crippen LogP contribution is -2.17. The van der Waals surface area contributed by atoms with Gasteiger partial charge in [-0.1, -0.05) is 129 Å². The molecule has 0 aliphatic rings. The number of para-hydroxylation sites is 1.